The van der Waals surface area contributed by atoms with Crippen LogP contribution in [0.1, 0.15) is 64.3 Å². The molecule has 1 saturated heterocycles. The minimum absolute atomic E-state index is 0.107. The first-order valence-corrected chi connectivity index (χ1v) is 11.6. The number of aryl methyl sites for hydroxylation is 2. The van der Waals surface area contributed by atoms with Crippen molar-refractivity contribution in [1.82, 2.24) is 24.6 Å². The number of carbonyl (C=O) groups is 1. The second kappa shape index (κ2) is 7.61. The maximum Gasteiger partial charge on any atom is 0.257 e. The lowest BCUT2D eigenvalue weighted by molar-refractivity contribution is 0.0682. The number of rotatable bonds is 4. The molecule has 6 nitrogen and oxygen atoms in total. The molecule has 3 aromatic heterocycles. The summed E-state index contributed by atoms with van der Waals surface area (Å²) >= 11 is 1.77. The molecule has 2 aliphatic rings. The Kier molecular flexibility index (Phi) is 4.93. The van der Waals surface area contributed by atoms with Crippen LogP contribution in [0.25, 0.3) is 17.2 Å². The summed E-state index contributed by atoms with van der Waals surface area (Å²) in [6.07, 6.45) is 7.96. The van der Waals surface area contributed by atoms with Gasteiger partial charge in [-0.05, 0) is 57.6 Å². The Morgan fingerprint density at radius 3 is 2.77 bits per heavy atom. The molecule has 0 bridgehead atoms. The standard InChI is InChI=1S/C23H27N5OS/c1-14-5-4-10-27(13-14)22(29)19-12-25-28(21(19)17-6-7-17)23-24-9-8-20(26-23)18-11-15(2)30-16(18)3/h8-9,11-12,14,17H,4-7,10,13H2,1-3H3/t14-/m1/s1. The van der Waals surface area contributed by atoms with Crippen molar-refractivity contribution < 1.29 is 4.79 Å². The first-order valence-electron chi connectivity index (χ1n) is 10.8. The molecule has 0 spiro atoms. The zero-order valence-corrected chi connectivity index (χ0v) is 18.6. The summed E-state index contributed by atoms with van der Waals surface area (Å²) < 4.78 is 1.80. The Morgan fingerprint density at radius 1 is 1.23 bits per heavy atom. The van der Waals surface area contributed by atoms with E-state index in [-0.39, 0.29) is 5.91 Å². The topological polar surface area (TPSA) is 63.9 Å². The van der Waals surface area contributed by atoms with E-state index >= 15 is 0 Å². The monoisotopic (exact) mass is 421 g/mol. The summed E-state index contributed by atoms with van der Waals surface area (Å²) in [7, 11) is 0. The molecule has 3 aromatic rings. The van der Waals surface area contributed by atoms with Crippen molar-refractivity contribution in [1.29, 1.82) is 0 Å². The largest absolute Gasteiger partial charge is 0.338 e. The van der Waals surface area contributed by atoms with E-state index in [0.717, 1.165) is 54.9 Å². The van der Waals surface area contributed by atoms with E-state index in [9.17, 15) is 4.79 Å². The second-order valence-corrected chi connectivity index (χ2v) is 10.2. The minimum Gasteiger partial charge on any atom is -0.338 e. The molecule has 156 valence electrons. The van der Waals surface area contributed by atoms with Crippen molar-refractivity contribution in [3.05, 3.63) is 45.5 Å². The number of carbonyl (C=O) groups excluding carboxylic acids is 1. The number of likely N-dealkylation sites (tertiary alicyclic amines) is 1. The van der Waals surface area contributed by atoms with Gasteiger partial charge in [-0.15, -0.1) is 11.3 Å². The van der Waals surface area contributed by atoms with Gasteiger partial charge >= 0.3 is 0 Å². The molecule has 4 heterocycles. The number of aromatic nitrogens is 4. The Balaban J connectivity index is 1.52. The molecular weight excluding hydrogens is 394 g/mol. The van der Waals surface area contributed by atoms with Gasteiger partial charge in [-0.1, -0.05) is 6.92 Å². The minimum atomic E-state index is 0.107. The van der Waals surface area contributed by atoms with Crippen LogP contribution < -0.4 is 0 Å². The van der Waals surface area contributed by atoms with Gasteiger partial charge in [0.25, 0.3) is 11.9 Å². The molecule has 1 aliphatic heterocycles. The number of amides is 1. The third kappa shape index (κ3) is 3.55. The van der Waals surface area contributed by atoms with Gasteiger partial charge in [-0.2, -0.15) is 5.10 Å². The summed E-state index contributed by atoms with van der Waals surface area (Å²) in [6, 6.07) is 4.11. The van der Waals surface area contributed by atoms with E-state index in [1.165, 1.54) is 16.2 Å². The first-order chi connectivity index (χ1) is 14.5. The molecule has 7 heteroatoms. The van der Waals surface area contributed by atoms with Gasteiger partial charge in [0.2, 0.25) is 0 Å². The second-order valence-electron chi connectivity index (χ2n) is 8.70. The maximum atomic E-state index is 13.3. The van der Waals surface area contributed by atoms with Crippen LogP contribution in [0.4, 0.5) is 0 Å². The van der Waals surface area contributed by atoms with Crippen LogP contribution in [0.5, 0.6) is 0 Å². The molecule has 0 unspecified atom stereocenters. The Labute approximate surface area is 181 Å². The lowest BCUT2D eigenvalue weighted by Gasteiger charge is -2.31. The van der Waals surface area contributed by atoms with E-state index in [0.29, 0.717) is 17.8 Å². The summed E-state index contributed by atoms with van der Waals surface area (Å²) in [6.45, 7) is 8.12. The van der Waals surface area contributed by atoms with Crippen LogP contribution >= 0.6 is 11.3 Å². The van der Waals surface area contributed by atoms with Gasteiger partial charge < -0.3 is 4.90 Å². The van der Waals surface area contributed by atoms with Crippen molar-refractivity contribution in [3.63, 3.8) is 0 Å². The Morgan fingerprint density at radius 2 is 2.07 bits per heavy atom. The zero-order chi connectivity index (χ0) is 20.8. The summed E-state index contributed by atoms with van der Waals surface area (Å²) in [5, 5.41) is 4.59. The fourth-order valence-electron chi connectivity index (χ4n) is 4.46. The zero-order valence-electron chi connectivity index (χ0n) is 17.8. The van der Waals surface area contributed by atoms with Gasteiger partial charge in [-0.25, -0.2) is 14.6 Å². The van der Waals surface area contributed by atoms with Crippen molar-refractivity contribution in [2.45, 2.75) is 52.4 Å². The summed E-state index contributed by atoms with van der Waals surface area (Å²) in [5.41, 5.74) is 3.74. The van der Waals surface area contributed by atoms with Crippen LogP contribution in [-0.2, 0) is 0 Å². The Bertz CT molecular complexity index is 1100. The van der Waals surface area contributed by atoms with E-state index < -0.39 is 0 Å². The predicted octanol–water partition coefficient (Wildman–Crippen LogP) is 4.76. The predicted molar refractivity (Wildman–Crippen MR) is 118 cm³/mol. The van der Waals surface area contributed by atoms with Crippen LogP contribution in [-0.4, -0.2) is 43.6 Å². The van der Waals surface area contributed by atoms with Crippen molar-refractivity contribution >= 4 is 17.2 Å². The van der Waals surface area contributed by atoms with Crippen molar-refractivity contribution in [2.75, 3.05) is 13.1 Å². The van der Waals surface area contributed by atoms with Gasteiger partial charge in [0.05, 0.1) is 23.1 Å². The molecule has 2 fully saturated rings. The molecule has 0 aromatic carbocycles. The lowest BCUT2D eigenvalue weighted by atomic mass is 9.99. The van der Waals surface area contributed by atoms with Gasteiger partial charge in [0, 0.05) is 40.5 Å². The maximum absolute atomic E-state index is 13.3. The number of piperidine rings is 1. The third-order valence-electron chi connectivity index (χ3n) is 6.09. The average molecular weight is 422 g/mol. The van der Waals surface area contributed by atoms with Gasteiger partial charge in [0.15, 0.2) is 0 Å². The van der Waals surface area contributed by atoms with Crippen molar-refractivity contribution in [3.8, 4) is 17.2 Å². The highest BCUT2D eigenvalue weighted by Crippen LogP contribution is 2.42. The average Bonchev–Trinajstić information content (AvgIpc) is 3.39. The highest BCUT2D eigenvalue weighted by atomic mass is 32.1. The fourth-order valence-corrected chi connectivity index (χ4v) is 5.39. The molecule has 0 N–H and O–H groups in total. The molecule has 1 aliphatic carbocycles. The lowest BCUT2D eigenvalue weighted by Crippen LogP contribution is -2.39. The third-order valence-corrected chi connectivity index (χ3v) is 7.06. The molecule has 1 atom stereocenters. The smallest absolute Gasteiger partial charge is 0.257 e. The molecule has 5 rings (SSSR count). The van der Waals surface area contributed by atoms with Gasteiger partial charge in [-0.3, -0.25) is 4.79 Å². The number of nitrogens with zero attached hydrogens (tertiary/aromatic N) is 5. The van der Waals surface area contributed by atoms with E-state index in [1.807, 2.05) is 11.0 Å². The number of thiophene rings is 1. The Hall–Kier alpha value is -2.54. The van der Waals surface area contributed by atoms with E-state index in [4.69, 9.17) is 4.98 Å². The highest BCUT2D eigenvalue weighted by molar-refractivity contribution is 7.12. The van der Waals surface area contributed by atoms with E-state index in [1.54, 1.807) is 28.4 Å². The normalized spacial score (nSPS) is 19.3. The molecular formula is C23H27N5OS. The molecule has 1 amide bonds. The van der Waals surface area contributed by atoms with E-state index in [2.05, 4.69) is 36.9 Å². The molecule has 30 heavy (non-hydrogen) atoms. The van der Waals surface area contributed by atoms with Crippen LogP contribution in [0.3, 0.4) is 0 Å². The summed E-state index contributed by atoms with van der Waals surface area (Å²) in [5.74, 6) is 1.57. The van der Waals surface area contributed by atoms with Crippen molar-refractivity contribution in [2.24, 2.45) is 5.92 Å². The van der Waals surface area contributed by atoms with Gasteiger partial charge in [0.1, 0.15) is 0 Å². The SMILES string of the molecule is Cc1cc(-c2ccnc(-n3ncc(C(=O)N4CCC[C@@H](C)C4)c3C3CC3)n2)c(C)s1. The molecule has 0 radical (unpaired) electrons. The fraction of sp³-hybridized carbons (Fsp3) is 0.478. The van der Waals surface area contributed by atoms with Crippen LogP contribution in [0.15, 0.2) is 24.5 Å². The first kappa shape index (κ1) is 19.4. The number of hydrogen-bond acceptors (Lipinski definition) is 5. The highest BCUT2D eigenvalue weighted by Gasteiger charge is 2.35. The summed E-state index contributed by atoms with van der Waals surface area (Å²) in [4.78, 5) is 27.2. The molecule has 1 saturated carbocycles. The quantitative estimate of drug-likeness (QED) is 0.609. The van der Waals surface area contributed by atoms with Crippen LogP contribution in [0.2, 0.25) is 0 Å². The van der Waals surface area contributed by atoms with Crippen LogP contribution in [0, 0.1) is 19.8 Å². The number of hydrogen-bond donors (Lipinski definition) is 0.